The van der Waals surface area contributed by atoms with E-state index in [9.17, 15) is 10.1 Å². The molecule has 0 unspecified atom stereocenters. The summed E-state index contributed by atoms with van der Waals surface area (Å²) in [6, 6.07) is 4.34. The lowest BCUT2D eigenvalue weighted by molar-refractivity contribution is -0.385. The second-order valence-corrected chi connectivity index (χ2v) is 5.58. The fourth-order valence-electron chi connectivity index (χ4n) is 1.54. The summed E-state index contributed by atoms with van der Waals surface area (Å²) in [5, 5.41) is 13.9. The van der Waals surface area contributed by atoms with Crippen LogP contribution in [0.25, 0.3) is 0 Å². The third-order valence-electron chi connectivity index (χ3n) is 2.38. The van der Waals surface area contributed by atoms with Gasteiger partial charge in [-0.15, -0.1) is 0 Å². The zero-order chi connectivity index (χ0) is 15.4. The molecule has 1 aromatic heterocycles. The number of hydrogen-bond donors (Lipinski definition) is 1. The van der Waals surface area contributed by atoms with Crippen LogP contribution in [-0.4, -0.2) is 21.4 Å². The van der Waals surface area contributed by atoms with E-state index in [1.54, 1.807) is 6.07 Å². The molecule has 0 bridgehead atoms. The molecule has 0 aliphatic heterocycles. The molecule has 7 nitrogen and oxygen atoms in total. The number of nitrogens with one attached hydrogen (secondary N) is 1. The number of nitro groups is 1. The largest absolute Gasteiger partial charge is 0.437 e. The maximum Gasteiger partial charge on any atom is 0.274 e. The van der Waals surface area contributed by atoms with Gasteiger partial charge in [-0.25, -0.2) is 9.97 Å². The Morgan fingerprint density at radius 3 is 2.76 bits per heavy atom. The molecule has 1 heterocycles. The van der Waals surface area contributed by atoms with Gasteiger partial charge < -0.3 is 10.1 Å². The SMILES string of the molecule is CCNc1ncnc(Oc2cc(Br)cc([N+](=O)[O-])c2)c1Br. The summed E-state index contributed by atoms with van der Waals surface area (Å²) in [6.07, 6.45) is 1.35. The van der Waals surface area contributed by atoms with Gasteiger partial charge in [0.2, 0.25) is 5.88 Å². The van der Waals surface area contributed by atoms with E-state index in [1.165, 1.54) is 18.5 Å². The van der Waals surface area contributed by atoms with Gasteiger partial charge in [-0.3, -0.25) is 10.1 Å². The lowest BCUT2D eigenvalue weighted by Gasteiger charge is -2.10. The topological polar surface area (TPSA) is 90.2 Å². The first-order valence-electron chi connectivity index (χ1n) is 5.88. The molecule has 0 aliphatic rings. The van der Waals surface area contributed by atoms with E-state index in [0.29, 0.717) is 27.1 Å². The van der Waals surface area contributed by atoms with Crippen LogP contribution in [0.4, 0.5) is 11.5 Å². The minimum Gasteiger partial charge on any atom is -0.437 e. The fourth-order valence-corrected chi connectivity index (χ4v) is 2.43. The number of benzene rings is 1. The van der Waals surface area contributed by atoms with E-state index < -0.39 is 4.92 Å². The van der Waals surface area contributed by atoms with Gasteiger partial charge in [0.05, 0.1) is 11.0 Å². The summed E-state index contributed by atoms with van der Waals surface area (Å²) in [4.78, 5) is 18.4. The molecule has 9 heteroatoms. The lowest BCUT2D eigenvalue weighted by Crippen LogP contribution is -2.02. The van der Waals surface area contributed by atoms with Crippen molar-refractivity contribution in [3.63, 3.8) is 0 Å². The normalized spacial score (nSPS) is 10.2. The Balaban J connectivity index is 2.34. The maximum atomic E-state index is 10.8. The number of aromatic nitrogens is 2. The number of nitrogens with zero attached hydrogens (tertiary/aromatic N) is 3. The molecule has 0 radical (unpaired) electrons. The Bertz CT molecular complexity index is 682. The van der Waals surface area contributed by atoms with Crippen LogP contribution in [0, 0.1) is 10.1 Å². The van der Waals surface area contributed by atoms with Gasteiger partial charge in [0, 0.05) is 17.1 Å². The number of non-ortho nitro benzene ring substituents is 1. The smallest absolute Gasteiger partial charge is 0.274 e. The summed E-state index contributed by atoms with van der Waals surface area (Å²) in [6.45, 7) is 2.63. The fraction of sp³-hybridized carbons (Fsp3) is 0.167. The first-order chi connectivity index (χ1) is 10.0. The molecule has 0 spiro atoms. The van der Waals surface area contributed by atoms with E-state index in [4.69, 9.17) is 4.74 Å². The van der Waals surface area contributed by atoms with Crippen molar-refractivity contribution in [1.82, 2.24) is 9.97 Å². The Labute approximate surface area is 137 Å². The van der Waals surface area contributed by atoms with E-state index in [1.807, 2.05) is 6.92 Å². The molecule has 1 N–H and O–H groups in total. The van der Waals surface area contributed by atoms with Crippen molar-refractivity contribution in [2.75, 3.05) is 11.9 Å². The third kappa shape index (κ3) is 3.88. The zero-order valence-corrected chi connectivity index (χ0v) is 14.0. The molecule has 0 atom stereocenters. The highest BCUT2D eigenvalue weighted by Crippen LogP contribution is 2.34. The first-order valence-corrected chi connectivity index (χ1v) is 7.47. The van der Waals surface area contributed by atoms with Crippen LogP contribution < -0.4 is 10.1 Å². The van der Waals surface area contributed by atoms with Crippen LogP contribution in [0.3, 0.4) is 0 Å². The minimum atomic E-state index is -0.489. The van der Waals surface area contributed by atoms with E-state index in [2.05, 4.69) is 47.1 Å². The van der Waals surface area contributed by atoms with Crippen LogP contribution in [0.2, 0.25) is 0 Å². The summed E-state index contributed by atoms with van der Waals surface area (Å²) < 4.78 is 6.69. The Morgan fingerprint density at radius 1 is 1.33 bits per heavy atom. The number of rotatable bonds is 5. The highest BCUT2D eigenvalue weighted by Gasteiger charge is 2.14. The second kappa shape index (κ2) is 6.81. The van der Waals surface area contributed by atoms with Gasteiger partial charge >= 0.3 is 0 Å². The van der Waals surface area contributed by atoms with Crippen molar-refractivity contribution in [2.45, 2.75) is 6.92 Å². The Hall–Kier alpha value is -1.74. The average molecular weight is 418 g/mol. The number of halogens is 2. The number of hydrogen-bond acceptors (Lipinski definition) is 6. The first kappa shape index (κ1) is 15.6. The molecule has 110 valence electrons. The highest BCUT2D eigenvalue weighted by molar-refractivity contribution is 9.11. The molecule has 0 saturated heterocycles. The molecule has 1 aromatic carbocycles. The van der Waals surface area contributed by atoms with Crippen LogP contribution >= 0.6 is 31.9 Å². The zero-order valence-electron chi connectivity index (χ0n) is 10.8. The minimum absolute atomic E-state index is 0.0727. The third-order valence-corrected chi connectivity index (χ3v) is 3.56. The Kier molecular flexibility index (Phi) is 5.07. The summed E-state index contributed by atoms with van der Waals surface area (Å²) in [5.74, 6) is 1.17. The van der Waals surface area contributed by atoms with E-state index >= 15 is 0 Å². The molecule has 0 saturated carbocycles. The number of anilines is 1. The number of nitro benzene ring substituents is 1. The van der Waals surface area contributed by atoms with Gasteiger partial charge in [-0.1, -0.05) is 15.9 Å². The average Bonchev–Trinajstić information content (AvgIpc) is 2.43. The predicted octanol–water partition coefficient (Wildman–Crippen LogP) is 4.13. The lowest BCUT2D eigenvalue weighted by atomic mass is 10.3. The van der Waals surface area contributed by atoms with E-state index in [-0.39, 0.29) is 11.6 Å². The summed E-state index contributed by atoms with van der Waals surface area (Å²) in [7, 11) is 0. The van der Waals surface area contributed by atoms with Crippen molar-refractivity contribution < 1.29 is 9.66 Å². The van der Waals surface area contributed by atoms with Crippen molar-refractivity contribution in [3.8, 4) is 11.6 Å². The standard InChI is InChI=1S/C12H10Br2N4O3/c1-2-15-11-10(14)12(17-6-16-11)21-9-4-7(13)3-8(5-9)18(19)20/h3-6H,2H2,1H3,(H,15,16,17). The molecule has 0 fully saturated rings. The van der Waals surface area contributed by atoms with Crippen molar-refractivity contribution in [3.05, 3.63) is 43.6 Å². The second-order valence-electron chi connectivity index (χ2n) is 3.88. The van der Waals surface area contributed by atoms with Crippen LogP contribution in [0.1, 0.15) is 6.92 Å². The molecule has 0 amide bonds. The summed E-state index contributed by atoms with van der Waals surface area (Å²) in [5.41, 5.74) is -0.0727. The molecule has 0 aliphatic carbocycles. The number of ether oxygens (including phenoxy) is 1. The van der Waals surface area contributed by atoms with Gasteiger partial charge in [0.1, 0.15) is 22.4 Å². The molecule has 21 heavy (non-hydrogen) atoms. The molecule has 2 aromatic rings. The maximum absolute atomic E-state index is 10.8. The van der Waals surface area contributed by atoms with E-state index in [0.717, 1.165) is 0 Å². The highest BCUT2D eigenvalue weighted by atomic mass is 79.9. The summed E-state index contributed by atoms with van der Waals surface area (Å²) >= 11 is 6.56. The molecule has 2 rings (SSSR count). The Morgan fingerprint density at radius 2 is 2.10 bits per heavy atom. The van der Waals surface area contributed by atoms with Crippen molar-refractivity contribution >= 4 is 43.4 Å². The van der Waals surface area contributed by atoms with Gasteiger partial charge in [-0.2, -0.15) is 0 Å². The van der Waals surface area contributed by atoms with Gasteiger partial charge in [0.25, 0.3) is 5.69 Å². The quantitative estimate of drug-likeness (QED) is 0.580. The van der Waals surface area contributed by atoms with Crippen LogP contribution in [-0.2, 0) is 0 Å². The van der Waals surface area contributed by atoms with Gasteiger partial charge in [0.15, 0.2) is 0 Å². The van der Waals surface area contributed by atoms with Crippen molar-refractivity contribution in [1.29, 1.82) is 0 Å². The van der Waals surface area contributed by atoms with Crippen LogP contribution in [0.5, 0.6) is 11.6 Å². The predicted molar refractivity (Wildman–Crippen MR) is 84.8 cm³/mol. The molecular weight excluding hydrogens is 408 g/mol. The van der Waals surface area contributed by atoms with Gasteiger partial charge in [-0.05, 0) is 28.9 Å². The van der Waals surface area contributed by atoms with Crippen molar-refractivity contribution in [2.24, 2.45) is 0 Å². The monoisotopic (exact) mass is 416 g/mol. The van der Waals surface area contributed by atoms with Crippen LogP contribution in [0.15, 0.2) is 33.5 Å². The molecular formula is C12H10Br2N4O3.